The molecule has 24 heavy (non-hydrogen) atoms. The number of ether oxygens (including phenoxy) is 3. The van der Waals surface area contributed by atoms with Crippen molar-refractivity contribution in [3.05, 3.63) is 24.1 Å². The highest BCUT2D eigenvalue weighted by Crippen LogP contribution is 2.31. The second-order valence-electron chi connectivity index (χ2n) is 6.37. The summed E-state index contributed by atoms with van der Waals surface area (Å²) in [6.07, 6.45) is 0. The van der Waals surface area contributed by atoms with E-state index in [9.17, 15) is 0 Å². The van der Waals surface area contributed by atoms with E-state index < -0.39 is 0 Å². The van der Waals surface area contributed by atoms with Crippen LogP contribution in [-0.4, -0.2) is 54.6 Å². The Kier molecular flexibility index (Phi) is 4.73. The topological polar surface area (TPSA) is 69.9 Å². The molecule has 2 heterocycles. The number of methoxy groups -OCH3 is 2. The second kappa shape index (κ2) is 6.78. The van der Waals surface area contributed by atoms with E-state index in [1.54, 1.807) is 14.2 Å². The van der Waals surface area contributed by atoms with E-state index in [2.05, 4.69) is 28.9 Å². The first kappa shape index (κ1) is 16.7. The number of hydrogen-bond acceptors (Lipinski definition) is 7. The predicted octanol–water partition coefficient (Wildman–Crippen LogP) is 2.36. The predicted molar refractivity (Wildman–Crippen MR) is 88.1 cm³/mol. The van der Waals surface area contributed by atoms with Crippen molar-refractivity contribution in [3.8, 4) is 22.9 Å². The molecular formula is C17H23N3O4. The van der Waals surface area contributed by atoms with Crippen LogP contribution in [0.1, 0.15) is 19.7 Å². The van der Waals surface area contributed by atoms with Gasteiger partial charge in [0.25, 0.3) is 0 Å². The van der Waals surface area contributed by atoms with Gasteiger partial charge in [0.2, 0.25) is 11.7 Å². The van der Waals surface area contributed by atoms with E-state index in [1.165, 1.54) is 0 Å². The second-order valence-corrected chi connectivity index (χ2v) is 6.37. The van der Waals surface area contributed by atoms with E-state index in [1.807, 2.05) is 18.2 Å². The van der Waals surface area contributed by atoms with Gasteiger partial charge in [-0.05, 0) is 32.0 Å². The van der Waals surface area contributed by atoms with Gasteiger partial charge < -0.3 is 18.7 Å². The van der Waals surface area contributed by atoms with Gasteiger partial charge in [0.05, 0.1) is 34.0 Å². The molecule has 3 rings (SSSR count). The lowest BCUT2D eigenvalue weighted by Crippen LogP contribution is -2.52. The number of rotatable bonds is 5. The molecule has 0 saturated carbocycles. The summed E-state index contributed by atoms with van der Waals surface area (Å²) in [5, 5.41) is 4.09. The minimum absolute atomic E-state index is 0.0454. The zero-order valence-corrected chi connectivity index (χ0v) is 14.5. The molecule has 130 valence electrons. The van der Waals surface area contributed by atoms with Gasteiger partial charge >= 0.3 is 0 Å². The van der Waals surface area contributed by atoms with Crippen molar-refractivity contribution in [2.24, 2.45) is 0 Å². The normalized spacial score (nSPS) is 17.7. The van der Waals surface area contributed by atoms with E-state index in [0.717, 1.165) is 18.7 Å². The molecule has 7 heteroatoms. The molecule has 0 atom stereocenters. The molecule has 1 saturated heterocycles. The van der Waals surface area contributed by atoms with E-state index in [0.29, 0.717) is 36.4 Å². The average Bonchev–Trinajstić information content (AvgIpc) is 3.04. The Bertz CT molecular complexity index is 699. The molecule has 1 aromatic carbocycles. The summed E-state index contributed by atoms with van der Waals surface area (Å²) in [5.41, 5.74) is 0.778. The van der Waals surface area contributed by atoms with Crippen LogP contribution in [0.5, 0.6) is 11.5 Å². The Labute approximate surface area is 141 Å². The maximum atomic E-state index is 5.54. The van der Waals surface area contributed by atoms with Gasteiger partial charge in [0, 0.05) is 17.6 Å². The lowest BCUT2D eigenvalue weighted by molar-refractivity contribution is -0.0589. The molecule has 1 aromatic heterocycles. The van der Waals surface area contributed by atoms with E-state index >= 15 is 0 Å². The highest BCUT2D eigenvalue weighted by Gasteiger charge is 2.31. The molecule has 2 aromatic rings. The lowest BCUT2D eigenvalue weighted by Gasteiger charge is -2.41. The third kappa shape index (κ3) is 3.37. The monoisotopic (exact) mass is 333 g/mol. The molecule has 0 aliphatic carbocycles. The summed E-state index contributed by atoms with van der Waals surface area (Å²) in [6.45, 7) is 7.18. The molecule has 1 aliphatic rings. The van der Waals surface area contributed by atoms with Crippen molar-refractivity contribution in [3.63, 3.8) is 0 Å². The smallest absolute Gasteiger partial charge is 0.241 e. The minimum Gasteiger partial charge on any atom is -0.493 e. The van der Waals surface area contributed by atoms with Crippen molar-refractivity contribution in [2.75, 3.05) is 34.0 Å². The van der Waals surface area contributed by atoms with Gasteiger partial charge in [-0.2, -0.15) is 4.98 Å². The van der Waals surface area contributed by atoms with Gasteiger partial charge in [-0.1, -0.05) is 5.16 Å². The molecule has 0 amide bonds. The molecule has 1 fully saturated rings. The summed E-state index contributed by atoms with van der Waals surface area (Å²) in [4.78, 5) is 6.81. The van der Waals surface area contributed by atoms with Gasteiger partial charge in [-0.15, -0.1) is 0 Å². The molecule has 0 spiro atoms. The summed E-state index contributed by atoms with van der Waals surface area (Å²) in [5.74, 6) is 2.43. The molecular weight excluding hydrogens is 310 g/mol. The lowest BCUT2D eigenvalue weighted by atomic mass is 10.0. The third-order valence-corrected chi connectivity index (χ3v) is 4.25. The highest BCUT2D eigenvalue weighted by atomic mass is 16.5. The Morgan fingerprint density at radius 3 is 2.71 bits per heavy atom. The van der Waals surface area contributed by atoms with Crippen molar-refractivity contribution >= 4 is 0 Å². The van der Waals surface area contributed by atoms with Crippen LogP contribution in [0.3, 0.4) is 0 Å². The first-order valence-corrected chi connectivity index (χ1v) is 7.91. The summed E-state index contributed by atoms with van der Waals surface area (Å²) in [7, 11) is 3.21. The fourth-order valence-corrected chi connectivity index (χ4v) is 2.76. The van der Waals surface area contributed by atoms with Gasteiger partial charge in [0.1, 0.15) is 0 Å². The van der Waals surface area contributed by atoms with Crippen molar-refractivity contribution in [2.45, 2.75) is 25.9 Å². The van der Waals surface area contributed by atoms with Crippen molar-refractivity contribution in [1.82, 2.24) is 15.0 Å². The quantitative estimate of drug-likeness (QED) is 0.832. The van der Waals surface area contributed by atoms with Crippen LogP contribution in [0.2, 0.25) is 0 Å². The molecule has 0 unspecified atom stereocenters. The maximum Gasteiger partial charge on any atom is 0.241 e. The maximum absolute atomic E-state index is 5.54. The van der Waals surface area contributed by atoms with Crippen LogP contribution < -0.4 is 9.47 Å². The fraction of sp³-hybridized carbons (Fsp3) is 0.529. The van der Waals surface area contributed by atoms with Gasteiger partial charge in [0.15, 0.2) is 11.5 Å². The van der Waals surface area contributed by atoms with E-state index in [-0.39, 0.29) is 5.54 Å². The summed E-state index contributed by atoms with van der Waals surface area (Å²) >= 11 is 0. The van der Waals surface area contributed by atoms with Crippen LogP contribution >= 0.6 is 0 Å². The van der Waals surface area contributed by atoms with Crippen LogP contribution in [-0.2, 0) is 11.3 Å². The van der Waals surface area contributed by atoms with Crippen molar-refractivity contribution in [1.29, 1.82) is 0 Å². The average molecular weight is 333 g/mol. The number of nitrogens with zero attached hydrogens (tertiary/aromatic N) is 3. The Morgan fingerprint density at radius 2 is 2.00 bits per heavy atom. The number of morpholine rings is 1. The first-order chi connectivity index (χ1) is 11.5. The van der Waals surface area contributed by atoms with Crippen LogP contribution in [0.25, 0.3) is 11.4 Å². The van der Waals surface area contributed by atoms with Gasteiger partial charge in [-0.25, -0.2) is 0 Å². The first-order valence-electron chi connectivity index (χ1n) is 7.91. The highest BCUT2D eigenvalue weighted by molar-refractivity contribution is 5.60. The number of hydrogen-bond donors (Lipinski definition) is 0. The van der Waals surface area contributed by atoms with Crippen LogP contribution in [0.15, 0.2) is 22.7 Å². The van der Waals surface area contributed by atoms with Crippen molar-refractivity contribution < 1.29 is 18.7 Å². The SMILES string of the molecule is COc1ccc(-c2noc(CN3CCOCC3(C)C)n2)cc1OC. The zero-order chi connectivity index (χ0) is 17.2. The zero-order valence-electron chi connectivity index (χ0n) is 14.5. The minimum atomic E-state index is -0.0454. The molecule has 1 aliphatic heterocycles. The number of benzene rings is 1. The molecule has 7 nitrogen and oxygen atoms in total. The third-order valence-electron chi connectivity index (χ3n) is 4.25. The fourth-order valence-electron chi connectivity index (χ4n) is 2.76. The van der Waals surface area contributed by atoms with E-state index in [4.69, 9.17) is 18.7 Å². The number of aromatic nitrogens is 2. The molecule has 0 N–H and O–H groups in total. The Morgan fingerprint density at radius 1 is 1.21 bits per heavy atom. The summed E-state index contributed by atoms with van der Waals surface area (Å²) < 4.78 is 21.5. The Hall–Kier alpha value is -2.12. The molecule has 0 bridgehead atoms. The molecule has 0 radical (unpaired) electrons. The Balaban J connectivity index is 1.78. The van der Waals surface area contributed by atoms with Crippen LogP contribution in [0, 0.1) is 0 Å². The van der Waals surface area contributed by atoms with Gasteiger partial charge in [-0.3, -0.25) is 4.90 Å². The van der Waals surface area contributed by atoms with Crippen LogP contribution in [0.4, 0.5) is 0 Å². The largest absolute Gasteiger partial charge is 0.493 e. The standard InChI is InChI=1S/C17H23N3O4/c1-17(2)11-23-8-7-20(17)10-15-18-16(19-24-15)12-5-6-13(21-3)14(9-12)22-4/h5-6,9H,7-8,10-11H2,1-4H3. The summed E-state index contributed by atoms with van der Waals surface area (Å²) in [6, 6.07) is 5.55.